The van der Waals surface area contributed by atoms with Gasteiger partial charge in [-0.25, -0.2) is 0 Å². The van der Waals surface area contributed by atoms with Gasteiger partial charge in [-0.3, -0.25) is 0 Å². The maximum atomic E-state index is 5.25. The predicted octanol–water partition coefficient (Wildman–Crippen LogP) is 2.31. The maximum Gasteiger partial charge on any atom is 0.247 e. The number of rotatable bonds is 7. The number of nitrogens with zero attached hydrogens (tertiary/aromatic N) is 4. The number of hydrogen-bond donors (Lipinski definition) is 1. The van der Waals surface area contributed by atoms with Crippen molar-refractivity contribution in [3.05, 3.63) is 30.4 Å². The van der Waals surface area contributed by atoms with Crippen LogP contribution in [0.3, 0.4) is 0 Å². The lowest BCUT2D eigenvalue weighted by Crippen LogP contribution is -2.21. The molecule has 0 aliphatic heterocycles. The average molecular weight is 261 g/mol. The standard InChI is InChI=1S/C13H19N5O/c1-3-4-7-18(2)13-16-12(10-15-17-13)14-9-11-6-5-8-19-11/h5-6,8,10H,3-4,7,9H2,1-2H3,(H,14,16,17). The van der Waals surface area contributed by atoms with Crippen molar-refractivity contribution in [2.45, 2.75) is 26.3 Å². The molecule has 6 nitrogen and oxygen atoms in total. The van der Waals surface area contributed by atoms with Crippen molar-refractivity contribution < 1.29 is 4.42 Å². The van der Waals surface area contributed by atoms with Gasteiger partial charge in [-0.1, -0.05) is 13.3 Å². The van der Waals surface area contributed by atoms with Crippen molar-refractivity contribution in [1.29, 1.82) is 0 Å². The topological polar surface area (TPSA) is 67.1 Å². The van der Waals surface area contributed by atoms with Gasteiger partial charge in [0, 0.05) is 13.6 Å². The number of nitrogens with one attached hydrogen (secondary N) is 1. The minimum Gasteiger partial charge on any atom is -0.467 e. The van der Waals surface area contributed by atoms with Crippen molar-refractivity contribution in [2.75, 3.05) is 23.8 Å². The Kier molecular flexibility index (Phi) is 4.72. The third-order valence-electron chi connectivity index (χ3n) is 2.76. The molecule has 0 aliphatic rings. The Morgan fingerprint density at radius 1 is 1.42 bits per heavy atom. The quantitative estimate of drug-likeness (QED) is 0.825. The summed E-state index contributed by atoms with van der Waals surface area (Å²) in [6.07, 6.45) is 5.53. The SMILES string of the molecule is CCCCN(C)c1nncc(NCc2ccco2)n1. The van der Waals surface area contributed by atoms with Gasteiger partial charge in [0.1, 0.15) is 5.76 Å². The second-order valence-electron chi connectivity index (χ2n) is 4.35. The van der Waals surface area contributed by atoms with E-state index in [4.69, 9.17) is 4.42 Å². The van der Waals surface area contributed by atoms with E-state index in [1.807, 2.05) is 24.1 Å². The van der Waals surface area contributed by atoms with E-state index in [2.05, 4.69) is 27.4 Å². The van der Waals surface area contributed by atoms with Crippen LogP contribution >= 0.6 is 0 Å². The van der Waals surface area contributed by atoms with E-state index in [-0.39, 0.29) is 0 Å². The minimum atomic E-state index is 0.587. The molecule has 2 aromatic rings. The number of anilines is 2. The van der Waals surface area contributed by atoms with Gasteiger partial charge in [0.2, 0.25) is 5.95 Å². The van der Waals surface area contributed by atoms with E-state index in [0.29, 0.717) is 18.3 Å². The molecule has 0 amide bonds. The van der Waals surface area contributed by atoms with Crippen molar-refractivity contribution in [2.24, 2.45) is 0 Å². The molecular formula is C13H19N5O. The zero-order valence-corrected chi connectivity index (χ0v) is 11.3. The second kappa shape index (κ2) is 6.72. The zero-order valence-electron chi connectivity index (χ0n) is 11.3. The molecule has 0 aliphatic carbocycles. The van der Waals surface area contributed by atoms with E-state index >= 15 is 0 Å². The van der Waals surface area contributed by atoms with E-state index in [0.717, 1.165) is 25.1 Å². The summed E-state index contributed by atoms with van der Waals surface area (Å²) >= 11 is 0. The van der Waals surface area contributed by atoms with Crippen LogP contribution in [0.2, 0.25) is 0 Å². The summed E-state index contributed by atoms with van der Waals surface area (Å²) in [5, 5.41) is 11.2. The molecule has 0 aromatic carbocycles. The highest BCUT2D eigenvalue weighted by Gasteiger charge is 2.06. The van der Waals surface area contributed by atoms with E-state index in [9.17, 15) is 0 Å². The van der Waals surface area contributed by atoms with Crippen molar-refractivity contribution in [1.82, 2.24) is 15.2 Å². The van der Waals surface area contributed by atoms with Gasteiger partial charge in [-0.2, -0.15) is 10.1 Å². The van der Waals surface area contributed by atoms with Gasteiger partial charge >= 0.3 is 0 Å². The third kappa shape index (κ3) is 3.94. The largest absolute Gasteiger partial charge is 0.467 e. The molecule has 0 radical (unpaired) electrons. The minimum absolute atomic E-state index is 0.587. The zero-order chi connectivity index (χ0) is 13.5. The fourth-order valence-corrected chi connectivity index (χ4v) is 1.63. The molecule has 0 fully saturated rings. The third-order valence-corrected chi connectivity index (χ3v) is 2.76. The molecule has 2 aromatic heterocycles. The Balaban J connectivity index is 1.94. The highest BCUT2D eigenvalue weighted by atomic mass is 16.3. The van der Waals surface area contributed by atoms with Crippen molar-refractivity contribution in [3.63, 3.8) is 0 Å². The van der Waals surface area contributed by atoms with Crippen LogP contribution < -0.4 is 10.2 Å². The Labute approximate surface area is 112 Å². The molecule has 102 valence electrons. The van der Waals surface area contributed by atoms with Crippen LogP contribution in [0.15, 0.2) is 29.0 Å². The molecule has 6 heteroatoms. The summed E-state index contributed by atoms with van der Waals surface area (Å²) in [6.45, 7) is 3.68. The second-order valence-corrected chi connectivity index (χ2v) is 4.35. The smallest absolute Gasteiger partial charge is 0.247 e. The summed E-state index contributed by atoms with van der Waals surface area (Å²) in [5.41, 5.74) is 0. The number of unbranched alkanes of at least 4 members (excludes halogenated alkanes) is 1. The van der Waals surface area contributed by atoms with Gasteiger partial charge in [-0.15, -0.1) is 5.10 Å². The van der Waals surface area contributed by atoms with Crippen LogP contribution in [0, 0.1) is 0 Å². The summed E-state index contributed by atoms with van der Waals surface area (Å²) in [7, 11) is 1.98. The summed E-state index contributed by atoms with van der Waals surface area (Å²) in [4.78, 5) is 6.43. The fraction of sp³-hybridized carbons (Fsp3) is 0.462. The van der Waals surface area contributed by atoms with Gasteiger partial charge in [0.15, 0.2) is 5.82 Å². The summed E-state index contributed by atoms with van der Waals surface area (Å²) < 4.78 is 5.25. The van der Waals surface area contributed by atoms with Crippen LogP contribution in [-0.4, -0.2) is 28.8 Å². The number of furan rings is 1. The molecule has 0 unspecified atom stereocenters. The lowest BCUT2D eigenvalue weighted by Gasteiger charge is -2.16. The van der Waals surface area contributed by atoms with Crippen molar-refractivity contribution in [3.8, 4) is 0 Å². The van der Waals surface area contributed by atoms with E-state index < -0.39 is 0 Å². The highest BCUT2D eigenvalue weighted by Crippen LogP contribution is 2.10. The van der Waals surface area contributed by atoms with Crippen molar-refractivity contribution >= 4 is 11.8 Å². The molecule has 19 heavy (non-hydrogen) atoms. The molecule has 1 N–H and O–H groups in total. The van der Waals surface area contributed by atoms with E-state index in [1.54, 1.807) is 12.5 Å². The highest BCUT2D eigenvalue weighted by molar-refractivity contribution is 5.38. The fourth-order valence-electron chi connectivity index (χ4n) is 1.63. The molecule has 2 rings (SSSR count). The normalized spacial score (nSPS) is 10.4. The molecule has 0 atom stereocenters. The first-order valence-electron chi connectivity index (χ1n) is 6.46. The molecule has 0 spiro atoms. The average Bonchev–Trinajstić information content (AvgIpc) is 2.96. The maximum absolute atomic E-state index is 5.25. The van der Waals surface area contributed by atoms with Crippen LogP contribution in [0.5, 0.6) is 0 Å². The molecule has 0 saturated carbocycles. The first-order valence-corrected chi connectivity index (χ1v) is 6.46. The van der Waals surface area contributed by atoms with Crippen LogP contribution in [0.1, 0.15) is 25.5 Å². The Morgan fingerprint density at radius 3 is 3.05 bits per heavy atom. The Hall–Kier alpha value is -2.11. The summed E-state index contributed by atoms with van der Waals surface area (Å²) in [6, 6.07) is 3.77. The Bertz CT molecular complexity index is 486. The van der Waals surface area contributed by atoms with Gasteiger partial charge in [-0.05, 0) is 18.6 Å². The lowest BCUT2D eigenvalue weighted by atomic mass is 10.3. The molecular weight excluding hydrogens is 242 g/mol. The van der Waals surface area contributed by atoms with Crippen LogP contribution in [-0.2, 0) is 6.54 Å². The van der Waals surface area contributed by atoms with Gasteiger partial charge < -0.3 is 14.6 Å². The summed E-state index contributed by atoms with van der Waals surface area (Å²) in [5.74, 6) is 2.20. The number of hydrogen-bond acceptors (Lipinski definition) is 6. The Morgan fingerprint density at radius 2 is 2.32 bits per heavy atom. The first kappa shape index (κ1) is 13.3. The lowest BCUT2D eigenvalue weighted by molar-refractivity contribution is 0.517. The molecule has 0 saturated heterocycles. The monoisotopic (exact) mass is 261 g/mol. The number of aromatic nitrogens is 3. The van der Waals surface area contributed by atoms with E-state index in [1.165, 1.54) is 0 Å². The molecule has 0 bridgehead atoms. The van der Waals surface area contributed by atoms with Gasteiger partial charge in [0.25, 0.3) is 0 Å². The van der Waals surface area contributed by atoms with Crippen LogP contribution in [0.25, 0.3) is 0 Å². The molecule has 2 heterocycles. The first-order chi connectivity index (χ1) is 9.29. The van der Waals surface area contributed by atoms with Crippen LogP contribution in [0.4, 0.5) is 11.8 Å². The van der Waals surface area contributed by atoms with Gasteiger partial charge in [0.05, 0.1) is 19.0 Å². The predicted molar refractivity (Wildman–Crippen MR) is 74.0 cm³/mol.